The zero-order chi connectivity index (χ0) is 12.1. The van der Waals surface area contributed by atoms with Crippen molar-refractivity contribution >= 4 is 0 Å². The fourth-order valence-corrected chi connectivity index (χ4v) is 1.93. The van der Waals surface area contributed by atoms with E-state index in [1.165, 1.54) is 5.56 Å². The molecular weight excluding hydrogens is 198 g/mol. The van der Waals surface area contributed by atoms with Crippen LogP contribution < -0.4 is 10.5 Å². The minimum Gasteiger partial charge on any atom is -0.496 e. The number of methoxy groups -OCH3 is 1. The molecule has 2 heteroatoms. The van der Waals surface area contributed by atoms with Crippen molar-refractivity contribution in [2.75, 3.05) is 7.11 Å². The molecule has 1 atom stereocenters. The van der Waals surface area contributed by atoms with Gasteiger partial charge < -0.3 is 10.5 Å². The first-order chi connectivity index (χ1) is 7.58. The van der Waals surface area contributed by atoms with Crippen LogP contribution in [-0.2, 0) is 6.42 Å². The predicted octanol–water partition coefficient (Wildman–Crippen LogP) is 3.30. The Bertz CT molecular complexity index is 334. The summed E-state index contributed by atoms with van der Waals surface area (Å²) in [5.74, 6) is 1.51. The van der Waals surface area contributed by atoms with Gasteiger partial charge in [0.25, 0.3) is 0 Å². The highest BCUT2D eigenvalue weighted by Gasteiger charge is 2.13. The third kappa shape index (κ3) is 3.24. The molecule has 0 heterocycles. The lowest BCUT2D eigenvalue weighted by molar-refractivity contribution is 0.399. The predicted molar refractivity (Wildman–Crippen MR) is 68.8 cm³/mol. The molecule has 90 valence electrons. The van der Waals surface area contributed by atoms with E-state index in [0.29, 0.717) is 5.92 Å². The first kappa shape index (κ1) is 13.0. The van der Waals surface area contributed by atoms with Crippen LogP contribution in [0.25, 0.3) is 0 Å². The maximum Gasteiger partial charge on any atom is 0.123 e. The van der Waals surface area contributed by atoms with Crippen molar-refractivity contribution in [1.29, 1.82) is 0 Å². The smallest absolute Gasteiger partial charge is 0.123 e. The fourth-order valence-electron chi connectivity index (χ4n) is 1.93. The summed E-state index contributed by atoms with van der Waals surface area (Å²) >= 11 is 0. The molecular formula is C14H23NO. The average molecular weight is 221 g/mol. The van der Waals surface area contributed by atoms with E-state index < -0.39 is 0 Å². The van der Waals surface area contributed by atoms with Crippen molar-refractivity contribution in [3.05, 3.63) is 29.3 Å². The molecule has 0 radical (unpaired) electrons. The van der Waals surface area contributed by atoms with Gasteiger partial charge in [-0.1, -0.05) is 32.9 Å². The lowest BCUT2D eigenvalue weighted by Crippen LogP contribution is -2.14. The third-order valence-electron chi connectivity index (χ3n) is 2.83. The molecule has 0 saturated heterocycles. The molecule has 16 heavy (non-hydrogen) atoms. The van der Waals surface area contributed by atoms with E-state index in [1.807, 2.05) is 6.07 Å². The molecule has 2 N–H and O–H groups in total. The molecule has 1 aromatic carbocycles. The fraction of sp³-hybridized carbons (Fsp3) is 0.571. The summed E-state index contributed by atoms with van der Waals surface area (Å²) in [5.41, 5.74) is 8.67. The summed E-state index contributed by atoms with van der Waals surface area (Å²) in [4.78, 5) is 0. The van der Waals surface area contributed by atoms with Gasteiger partial charge in [-0.05, 0) is 30.4 Å². The molecule has 0 aliphatic carbocycles. The first-order valence-electron chi connectivity index (χ1n) is 6.00. The van der Waals surface area contributed by atoms with Crippen LogP contribution in [-0.4, -0.2) is 7.11 Å². The Morgan fingerprint density at radius 3 is 2.50 bits per heavy atom. The summed E-state index contributed by atoms with van der Waals surface area (Å²) < 4.78 is 5.37. The maximum atomic E-state index is 6.22. The molecule has 0 aliphatic rings. The molecule has 0 amide bonds. The van der Waals surface area contributed by atoms with Crippen LogP contribution in [0.1, 0.15) is 44.4 Å². The Morgan fingerprint density at radius 2 is 2.00 bits per heavy atom. The number of hydrogen-bond donors (Lipinski definition) is 1. The highest BCUT2D eigenvalue weighted by Crippen LogP contribution is 2.28. The van der Waals surface area contributed by atoms with Crippen LogP contribution in [0.4, 0.5) is 0 Å². The van der Waals surface area contributed by atoms with Crippen molar-refractivity contribution in [1.82, 2.24) is 0 Å². The molecule has 0 aromatic heterocycles. The van der Waals surface area contributed by atoms with Crippen molar-refractivity contribution < 1.29 is 4.74 Å². The van der Waals surface area contributed by atoms with Crippen LogP contribution in [0.15, 0.2) is 18.2 Å². The topological polar surface area (TPSA) is 35.2 Å². The lowest BCUT2D eigenvalue weighted by Gasteiger charge is -2.18. The SMILES string of the molecule is CCc1ccc(OC)c(C(N)CC(C)C)c1. The number of ether oxygens (including phenoxy) is 1. The van der Waals surface area contributed by atoms with Gasteiger partial charge in [0.05, 0.1) is 7.11 Å². The van der Waals surface area contributed by atoms with Gasteiger partial charge >= 0.3 is 0 Å². The van der Waals surface area contributed by atoms with Gasteiger partial charge in [0.1, 0.15) is 5.75 Å². The van der Waals surface area contributed by atoms with Gasteiger partial charge in [-0.3, -0.25) is 0 Å². The van der Waals surface area contributed by atoms with E-state index in [9.17, 15) is 0 Å². The lowest BCUT2D eigenvalue weighted by atomic mass is 9.95. The molecule has 1 rings (SSSR count). The van der Waals surface area contributed by atoms with Gasteiger partial charge in [-0.2, -0.15) is 0 Å². The monoisotopic (exact) mass is 221 g/mol. The Labute approximate surface area is 98.8 Å². The summed E-state index contributed by atoms with van der Waals surface area (Å²) in [6, 6.07) is 6.37. The standard InChI is InChI=1S/C14H23NO/c1-5-11-6-7-14(16-4)12(9-11)13(15)8-10(2)3/h6-7,9-10,13H,5,8,15H2,1-4H3. The minimum atomic E-state index is 0.0708. The Balaban J connectivity index is 2.98. The molecule has 0 fully saturated rings. The summed E-state index contributed by atoms with van der Waals surface area (Å²) in [6.07, 6.45) is 2.02. The Kier molecular flexibility index (Phi) is 4.81. The molecule has 0 spiro atoms. The quantitative estimate of drug-likeness (QED) is 0.828. The van der Waals surface area contributed by atoms with Crippen LogP contribution in [0.2, 0.25) is 0 Å². The van der Waals surface area contributed by atoms with Crippen LogP contribution in [0.5, 0.6) is 5.75 Å². The van der Waals surface area contributed by atoms with Crippen molar-refractivity contribution in [3.8, 4) is 5.75 Å². The van der Waals surface area contributed by atoms with Gasteiger partial charge in [0, 0.05) is 11.6 Å². The average Bonchev–Trinajstić information content (AvgIpc) is 2.27. The van der Waals surface area contributed by atoms with Gasteiger partial charge in [0.2, 0.25) is 0 Å². The second kappa shape index (κ2) is 5.90. The number of nitrogens with two attached hydrogens (primary N) is 1. The van der Waals surface area contributed by atoms with Crippen LogP contribution >= 0.6 is 0 Å². The molecule has 2 nitrogen and oxygen atoms in total. The number of hydrogen-bond acceptors (Lipinski definition) is 2. The van der Waals surface area contributed by atoms with E-state index in [4.69, 9.17) is 10.5 Å². The van der Waals surface area contributed by atoms with Gasteiger partial charge in [-0.25, -0.2) is 0 Å². The van der Waals surface area contributed by atoms with Gasteiger partial charge in [-0.15, -0.1) is 0 Å². The van der Waals surface area contributed by atoms with E-state index in [-0.39, 0.29) is 6.04 Å². The van der Waals surface area contributed by atoms with Crippen LogP contribution in [0.3, 0.4) is 0 Å². The number of aryl methyl sites for hydroxylation is 1. The third-order valence-corrected chi connectivity index (χ3v) is 2.83. The minimum absolute atomic E-state index is 0.0708. The molecule has 0 aliphatic heterocycles. The molecule has 0 saturated carbocycles. The second-order valence-electron chi connectivity index (χ2n) is 4.67. The molecule has 1 unspecified atom stereocenters. The number of benzene rings is 1. The highest BCUT2D eigenvalue weighted by atomic mass is 16.5. The Hall–Kier alpha value is -1.02. The summed E-state index contributed by atoms with van der Waals surface area (Å²) in [7, 11) is 1.70. The largest absolute Gasteiger partial charge is 0.496 e. The number of rotatable bonds is 5. The van der Waals surface area contributed by atoms with E-state index >= 15 is 0 Å². The summed E-state index contributed by atoms with van der Waals surface area (Å²) in [5, 5.41) is 0. The molecule has 0 bridgehead atoms. The maximum absolute atomic E-state index is 6.22. The van der Waals surface area contributed by atoms with Gasteiger partial charge in [0.15, 0.2) is 0 Å². The normalized spacial score (nSPS) is 12.9. The summed E-state index contributed by atoms with van der Waals surface area (Å²) in [6.45, 7) is 6.53. The van der Waals surface area contributed by atoms with Crippen LogP contribution in [0, 0.1) is 5.92 Å². The van der Waals surface area contributed by atoms with E-state index in [0.717, 1.165) is 24.2 Å². The first-order valence-corrected chi connectivity index (χ1v) is 6.00. The van der Waals surface area contributed by atoms with Crippen molar-refractivity contribution in [2.24, 2.45) is 11.7 Å². The second-order valence-corrected chi connectivity index (χ2v) is 4.67. The zero-order valence-corrected chi connectivity index (χ0v) is 10.8. The highest BCUT2D eigenvalue weighted by molar-refractivity contribution is 5.39. The van der Waals surface area contributed by atoms with E-state index in [1.54, 1.807) is 7.11 Å². The zero-order valence-electron chi connectivity index (χ0n) is 10.8. The Morgan fingerprint density at radius 1 is 1.31 bits per heavy atom. The van der Waals surface area contributed by atoms with E-state index in [2.05, 4.69) is 32.9 Å². The van der Waals surface area contributed by atoms with Crippen molar-refractivity contribution in [2.45, 2.75) is 39.7 Å². The molecule has 1 aromatic rings. The van der Waals surface area contributed by atoms with Crippen molar-refractivity contribution in [3.63, 3.8) is 0 Å².